The first-order valence-electron chi connectivity index (χ1n) is 4.82. The molecular formula is C10H16N2O4. The molecule has 1 atom stereocenters. The first-order valence-corrected chi connectivity index (χ1v) is 4.82. The Morgan fingerprint density at radius 2 is 2.06 bits per heavy atom. The third-order valence-electron chi connectivity index (χ3n) is 2.06. The number of ether oxygens (including phenoxy) is 1. The average Bonchev–Trinajstić information content (AvgIpc) is 2.25. The minimum absolute atomic E-state index is 0.0249. The van der Waals surface area contributed by atoms with Gasteiger partial charge in [0.2, 0.25) is 5.54 Å². The van der Waals surface area contributed by atoms with Crippen molar-refractivity contribution in [1.29, 1.82) is 0 Å². The number of rotatable bonds is 7. The standard InChI is InChI=1S/C10H16N2O4/c1-2-7-16-9(15)10(12,8(13)14)5-3-4-6-11/h1H,3-7,11-12H2,(H,13,14). The number of hydrogen-bond acceptors (Lipinski definition) is 5. The second-order valence-electron chi connectivity index (χ2n) is 3.30. The maximum absolute atomic E-state index is 11.4. The summed E-state index contributed by atoms with van der Waals surface area (Å²) in [5.74, 6) is -0.378. The van der Waals surface area contributed by atoms with Crippen molar-refractivity contribution in [2.24, 2.45) is 11.5 Å². The topological polar surface area (TPSA) is 116 Å². The zero-order valence-corrected chi connectivity index (χ0v) is 8.94. The first kappa shape index (κ1) is 14.4. The summed E-state index contributed by atoms with van der Waals surface area (Å²) in [6, 6.07) is 0. The van der Waals surface area contributed by atoms with Crippen molar-refractivity contribution in [2.45, 2.75) is 24.8 Å². The molecule has 0 saturated carbocycles. The molecule has 0 aromatic heterocycles. The van der Waals surface area contributed by atoms with Crippen LogP contribution in [-0.2, 0) is 14.3 Å². The van der Waals surface area contributed by atoms with E-state index in [1.165, 1.54) is 0 Å². The van der Waals surface area contributed by atoms with Crippen LogP contribution in [0.2, 0.25) is 0 Å². The van der Waals surface area contributed by atoms with Crippen molar-refractivity contribution in [3.05, 3.63) is 0 Å². The number of carbonyl (C=O) groups is 2. The molecule has 0 rings (SSSR count). The Morgan fingerprint density at radius 1 is 1.44 bits per heavy atom. The fourth-order valence-electron chi connectivity index (χ4n) is 1.08. The molecule has 0 radical (unpaired) electrons. The fourth-order valence-corrected chi connectivity index (χ4v) is 1.08. The number of hydrogen-bond donors (Lipinski definition) is 3. The minimum Gasteiger partial charge on any atom is -0.479 e. The largest absolute Gasteiger partial charge is 0.479 e. The van der Waals surface area contributed by atoms with Crippen LogP contribution in [0.4, 0.5) is 0 Å². The minimum atomic E-state index is -2.04. The lowest BCUT2D eigenvalue weighted by Crippen LogP contribution is -2.55. The SMILES string of the molecule is C#CCOC(=O)C(N)(CCCCN)C(=O)O. The molecule has 0 amide bonds. The van der Waals surface area contributed by atoms with Crippen molar-refractivity contribution in [3.63, 3.8) is 0 Å². The smallest absolute Gasteiger partial charge is 0.338 e. The second-order valence-corrected chi connectivity index (χ2v) is 3.30. The molecule has 0 aromatic carbocycles. The molecule has 0 fully saturated rings. The van der Waals surface area contributed by atoms with Crippen LogP contribution in [0.15, 0.2) is 0 Å². The number of nitrogens with two attached hydrogens (primary N) is 2. The van der Waals surface area contributed by atoms with Crippen LogP contribution in [0, 0.1) is 12.3 Å². The summed E-state index contributed by atoms with van der Waals surface area (Å²) in [5.41, 5.74) is 8.71. The molecule has 0 saturated heterocycles. The Kier molecular flexibility index (Phi) is 6.15. The van der Waals surface area contributed by atoms with E-state index in [0.717, 1.165) is 0 Å². The highest BCUT2D eigenvalue weighted by Crippen LogP contribution is 2.14. The van der Waals surface area contributed by atoms with Gasteiger partial charge in [-0.05, 0) is 25.8 Å². The molecule has 0 heterocycles. The van der Waals surface area contributed by atoms with Crippen LogP contribution in [0.5, 0.6) is 0 Å². The van der Waals surface area contributed by atoms with E-state index in [2.05, 4.69) is 10.7 Å². The molecule has 1 unspecified atom stereocenters. The first-order chi connectivity index (χ1) is 7.49. The van der Waals surface area contributed by atoms with Crippen LogP contribution < -0.4 is 11.5 Å². The Bertz CT molecular complexity index is 298. The van der Waals surface area contributed by atoms with Gasteiger partial charge in [-0.15, -0.1) is 6.42 Å². The van der Waals surface area contributed by atoms with E-state index in [-0.39, 0.29) is 13.0 Å². The lowest BCUT2D eigenvalue weighted by atomic mass is 9.94. The molecule has 6 nitrogen and oxygen atoms in total. The van der Waals surface area contributed by atoms with Gasteiger partial charge in [-0.25, -0.2) is 9.59 Å². The molecular weight excluding hydrogens is 212 g/mol. The Hall–Kier alpha value is -1.58. The summed E-state index contributed by atoms with van der Waals surface area (Å²) < 4.78 is 4.54. The molecule has 0 bridgehead atoms. The van der Waals surface area contributed by atoms with Crippen LogP contribution in [-0.4, -0.2) is 35.7 Å². The summed E-state index contributed by atoms with van der Waals surface area (Å²) in [4.78, 5) is 22.3. The van der Waals surface area contributed by atoms with Crippen molar-refractivity contribution < 1.29 is 19.4 Å². The number of carboxylic acid groups (broad SMARTS) is 1. The van der Waals surface area contributed by atoms with Crippen LogP contribution in [0.3, 0.4) is 0 Å². The van der Waals surface area contributed by atoms with Crippen molar-refractivity contribution in [3.8, 4) is 12.3 Å². The fraction of sp³-hybridized carbons (Fsp3) is 0.600. The number of carboxylic acids is 1. The van der Waals surface area contributed by atoms with Crippen LogP contribution >= 0.6 is 0 Å². The van der Waals surface area contributed by atoms with E-state index in [0.29, 0.717) is 19.4 Å². The lowest BCUT2D eigenvalue weighted by molar-refractivity contribution is -0.160. The quantitative estimate of drug-likeness (QED) is 0.224. The summed E-state index contributed by atoms with van der Waals surface area (Å²) in [5, 5.41) is 8.89. The number of esters is 1. The average molecular weight is 228 g/mol. The number of terminal acetylenes is 1. The summed E-state index contributed by atoms with van der Waals surface area (Å²) >= 11 is 0. The van der Waals surface area contributed by atoms with Gasteiger partial charge in [0.15, 0.2) is 6.61 Å². The molecule has 0 aromatic rings. The highest BCUT2D eigenvalue weighted by molar-refractivity contribution is 6.03. The third-order valence-corrected chi connectivity index (χ3v) is 2.06. The second kappa shape index (κ2) is 6.82. The van der Waals surface area contributed by atoms with Crippen LogP contribution in [0.25, 0.3) is 0 Å². The van der Waals surface area contributed by atoms with E-state index in [1.807, 2.05) is 0 Å². The molecule has 0 aliphatic rings. The Morgan fingerprint density at radius 3 is 2.50 bits per heavy atom. The van der Waals surface area contributed by atoms with E-state index in [4.69, 9.17) is 23.0 Å². The predicted octanol–water partition coefficient (Wildman–Crippen LogP) is -0.926. The Labute approximate surface area is 93.9 Å². The highest BCUT2D eigenvalue weighted by Gasteiger charge is 2.43. The van der Waals surface area contributed by atoms with Gasteiger partial charge in [-0.1, -0.05) is 5.92 Å². The number of unbranched alkanes of at least 4 members (excludes halogenated alkanes) is 1. The maximum atomic E-state index is 11.4. The van der Waals surface area contributed by atoms with Gasteiger partial charge in [-0.2, -0.15) is 0 Å². The van der Waals surface area contributed by atoms with E-state index in [9.17, 15) is 9.59 Å². The van der Waals surface area contributed by atoms with Gasteiger partial charge >= 0.3 is 11.9 Å². The van der Waals surface area contributed by atoms with Crippen molar-refractivity contribution in [1.82, 2.24) is 0 Å². The highest BCUT2D eigenvalue weighted by atomic mass is 16.5. The molecule has 5 N–H and O–H groups in total. The monoisotopic (exact) mass is 228 g/mol. The predicted molar refractivity (Wildman–Crippen MR) is 57.3 cm³/mol. The van der Waals surface area contributed by atoms with Crippen molar-refractivity contribution >= 4 is 11.9 Å². The Balaban J connectivity index is 4.50. The van der Waals surface area contributed by atoms with Gasteiger partial charge < -0.3 is 21.3 Å². The van der Waals surface area contributed by atoms with Gasteiger partial charge in [0.1, 0.15) is 0 Å². The van der Waals surface area contributed by atoms with Gasteiger partial charge in [0.05, 0.1) is 0 Å². The maximum Gasteiger partial charge on any atom is 0.338 e. The summed E-state index contributed by atoms with van der Waals surface area (Å²) in [6.07, 6.45) is 5.89. The van der Waals surface area contributed by atoms with E-state index in [1.54, 1.807) is 0 Å². The number of carbonyl (C=O) groups excluding carboxylic acids is 1. The lowest BCUT2D eigenvalue weighted by Gasteiger charge is -2.21. The van der Waals surface area contributed by atoms with Crippen molar-refractivity contribution in [2.75, 3.05) is 13.2 Å². The van der Waals surface area contributed by atoms with Gasteiger partial charge in [-0.3, -0.25) is 0 Å². The van der Waals surface area contributed by atoms with E-state index < -0.39 is 17.5 Å². The van der Waals surface area contributed by atoms with E-state index >= 15 is 0 Å². The zero-order chi connectivity index (χ0) is 12.6. The van der Waals surface area contributed by atoms with Gasteiger partial charge in [0.25, 0.3) is 0 Å². The molecule has 6 heteroatoms. The molecule has 0 spiro atoms. The molecule has 16 heavy (non-hydrogen) atoms. The summed E-state index contributed by atoms with van der Waals surface area (Å²) in [7, 11) is 0. The summed E-state index contributed by atoms with van der Waals surface area (Å²) in [6.45, 7) is 0.122. The third kappa shape index (κ3) is 3.88. The number of aliphatic carboxylic acids is 1. The zero-order valence-electron chi connectivity index (χ0n) is 8.94. The molecule has 90 valence electrons. The van der Waals surface area contributed by atoms with Gasteiger partial charge in [0, 0.05) is 0 Å². The van der Waals surface area contributed by atoms with Crippen LogP contribution in [0.1, 0.15) is 19.3 Å². The molecule has 0 aliphatic carbocycles. The normalized spacial score (nSPS) is 13.6. The molecule has 0 aliphatic heterocycles.